The predicted molar refractivity (Wildman–Crippen MR) is 99.7 cm³/mol. The van der Waals surface area contributed by atoms with Crippen molar-refractivity contribution in [1.82, 2.24) is 15.0 Å². The van der Waals surface area contributed by atoms with Crippen molar-refractivity contribution in [3.63, 3.8) is 0 Å². The van der Waals surface area contributed by atoms with Crippen molar-refractivity contribution in [3.8, 4) is 11.4 Å². The molecule has 0 N–H and O–H groups in total. The van der Waals surface area contributed by atoms with Gasteiger partial charge >= 0.3 is 6.01 Å². The summed E-state index contributed by atoms with van der Waals surface area (Å²) in [6.45, 7) is 6.83. The Morgan fingerprint density at radius 1 is 1.15 bits per heavy atom. The minimum absolute atomic E-state index is 0.137. The summed E-state index contributed by atoms with van der Waals surface area (Å²) in [4.78, 5) is 21.1. The normalized spacial score (nSPS) is 23.9. The second-order valence-electron chi connectivity index (χ2n) is 7.91. The van der Waals surface area contributed by atoms with Crippen molar-refractivity contribution in [1.29, 1.82) is 0 Å². The van der Waals surface area contributed by atoms with Crippen LogP contribution < -0.4 is 4.90 Å². The second-order valence-corrected chi connectivity index (χ2v) is 7.91. The molecule has 1 spiro atoms. The number of aromatic nitrogens is 2. The highest BCUT2D eigenvalue weighted by Crippen LogP contribution is 2.40. The van der Waals surface area contributed by atoms with E-state index in [2.05, 4.69) is 28.9 Å². The number of rotatable bonds is 3. The van der Waals surface area contributed by atoms with Crippen LogP contribution in [0.3, 0.4) is 0 Å². The van der Waals surface area contributed by atoms with E-state index in [0.29, 0.717) is 18.3 Å². The molecule has 26 heavy (non-hydrogen) atoms. The van der Waals surface area contributed by atoms with E-state index < -0.39 is 0 Å². The zero-order valence-corrected chi connectivity index (χ0v) is 15.5. The van der Waals surface area contributed by atoms with Crippen molar-refractivity contribution in [2.24, 2.45) is 5.41 Å². The molecule has 6 heteroatoms. The molecule has 0 bridgehead atoms. The molecule has 0 unspecified atom stereocenters. The number of hydrogen-bond acceptors (Lipinski definition) is 5. The zero-order chi connectivity index (χ0) is 18.1. The van der Waals surface area contributed by atoms with Gasteiger partial charge in [0.15, 0.2) is 0 Å². The smallest absolute Gasteiger partial charge is 0.324 e. The van der Waals surface area contributed by atoms with Crippen LogP contribution in [-0.4, -0.2) is 46.6 Å². The van der Waals surface area contributed by atoms with E-state index >= 15 is 0 Å². The maximum Gasteiger partial charge on any atom is 0.324 e. The number of carbonyl (C=O) groups excluding carboxylic acids is 1. The molecule has 2 aromatic rings. The van der Waals surface area contributed by atoms with Gasteiger partial charge in [-0.05, 0) is 33.1 Å². The Hall–Kier alpha value is -2.37. The number of hydrogen-bond donors (Lipinski definition) is 0. The number of carbonyl (C=O) groups is 1. The minimum Gasteiger partial charge on any atom is -0.340 e. The average Bonchev–Trinajstić information content (AvgIpc) is 3.15. The lowest BCUT2D eigenvalue weighted by atomic mass is 9.73. The summed E-state index contributed by atoms with van der Waals surface area (Å²) in [5.74, 6) is 0.912. The highest BCUT2D eigenvalue weighted by Gasteiger charge is 2.43. The Bertz CT molecular complexity index is 773. The molecule has 1 atom stereocenters. The van der Waals surface area contributed by atoms with Crippen LogP contribution in [0.5, 0.6) is 0 Å². The molecule has 4 rings (SSSR count). The van der Waals surface area contributed by atoms with E-state index in [4.69, 9.17) is 4.52 Å². The van der Waals surface area contributed by atoms with Gasteiger partial charge in [0, 0.05) is 43.1 Å². The van der Waals surface area contributed by atoms with Crippen LogP contribution in [-0.2, 0) is 4.79 Å². The number of piperidine rings is 2. The van der Waals surface area contributed by atoms with Gasteiger partial charge in [-0.1, -0.05) is 35.5 Å². The summed E-state index contributed by atoms with van der Waals surface area (Å²) >= 11 is 0. The predicted octanol–water partition coefficient (Wildman–Crippen LogP) is 3.35. The molecule has 1 aromatic carbocycles. The highest BCUT2D eigenvalue weighted by molar-refractivity contribution is 5.77. The molecular weight excluding hydrogens is 328 g/mol. The Kier molecular flexibility index (Phi) is 4.42. The van der Waals surface area contributed by atoms with E-state index in [9.17, 15) is 4.79 Å². The molecule has 138 valence electrons. The number of benzene rings is 1. The third kappa shape index (κ3) is 3.20. The van der Waals surface area contributed by atoms with E-state index in [-0.39, 0.29) is 17.4 Å². The first-order valence-electron chi connectivity index (χ1n) is 9.50. The largest absolute Gasteiger partial charge is 0.340 e. The van der Waals surface area contributed by atoms with Gasteiger partial charge in [0.25, 0.3) is 0 Å². The SMILES string of the molecule is CC(C)N1C[C@@]2(CCCN(c3nc(-c4ccccc4)no3)C2)CCC1=O. The molecule has 2 aliphatic heterocycles. The summed E-state index contributed by atoms with van der Waals surface area (Å²) in [5.41, 5.74) is 1.10. The third-order valence-electron chi connectivity index (χ3n) is 5.70. The van der Waals surface area contributed by atoms with Gasteiger partial charge < -0.3 is 14.3 Å². The lowest BCUT2D eigenvalue weighted by Gasteiger charge is -2.48. The van der Waals surface area contributed by atoms with E-state index in [1.807, 2.05) is 35.2 Å². The number of nitrogens with zero attached hydrogens (tertiary/aromatic N) is 4. The molecule has 2 saturated heterocycles. The number of amides is 1. The van der Waals surface area contributed by atoms with Crippen LogP contribution in [0.1, 0.15) is 39.5 Å². The lowest BCUT2D eigenvalue weighted by Crippen LogP contribution is -2.55. The molecule has 2 fully saturated rings. The van der Waals surface area contributed by atoms with Gasteiger partial charge in [0.2, 0.25) is 11.7 Å². The second kappa shape index (κ2) is 6.74. The summed E-state index contributed by atoms with van der Waals surface area (Å²) in [7, 11) is 0. The maximum atomic E-state index is 12.2. The zero-order valence-electron chi connectivity index (χ0n) is 15.5. The van der Waals surface area contributed by atoms with E-state index in [0.717, 1.165) is 44.5 Å². The summed E-state index contributed by atoms with van der Waals surface area (Å²) in [6.07, 6.45) is 3.83. The van der Waals surface area contributed by atoms with Crippen molar-refractivity contribution >= 4 is 11.9 Å². The summed E-state index contributed by atoms with van der Waals surface area (Å²) in [5, 5.41) is 4.16. The highest BCUT2D eigenvalue weighted by atomic mass is 16.5. The van der Waals surface area contributed by atoms with Crippen LogP contribution in [0.15, 0.2) is 34.9 Å². The standard InChI is InChI=1S/C20H26N4O2/c1-15(2)24-14-20(11-9-17(24)25)10-6-12-23(13-20)19-21-18(22-26-19)16-7-4-3-5-8-16/h3-5,7-8,15H,6,9-14H2,1-2H3/t20-/m0/s1. The fourth-order valence-electron chi connectivity index (χ4n) is 4.27. The minimum atomic E-state index is 0.137. The van der Waals surface area contributed by atoms with Crippen LogP contribution in [0.25, 0.3) is 11.4 Å². The van der Waals surface area contributed by atoms with Crippen LogP contribution in [0.2, 0.25) is 0 Å². The maximum absolute atomic E-state index is 12.2. The Morgan fingerprint density at radius 3 is 2.73 bits per heavy atom. The van der Waals surface area contributed by atoms with Gasteiger partial charge in [0.05, 0.1) is 0 Å². The van der Waals surface area contributed by atoms with Crippen LogP contribution in [0.4, 0.5) is 6.01 Å². The molecule has 0 radical (unpaired) electrons. The van der Waals surface area contributed by atoms with Gasteiger partial charge in [-0.2, -0.15) is 4.98 Å². The summed E-state index contributed by atoms with van der Waals surface area (Å²) in [6, 6.07) is 10.7. The van der Waals surface area contributed by atoms with E-state index in [1.165, 1.54) is 0 Å². The first-order valence-corrected chi connectivity index (χ1v) is 9.50. The molecule has 3 heterocycles. The molecule has 0 saturated carbocycles. The average molecular weight is 354 g/mol. The Labute approximate surface area is 154 Å². The van der Waals surface area contributed by atoms with Crippen molar-refractivity contribution in [3.05, 3.63) is 30.3 Å². The fourth-order valence-corrected chi connectivity index (χ4v) is 4.27. The van der Waals surface area contributed by atoms with Crippen LogP contribution in [0, 0.1) is 5.41 Å². The molecular formula is C20H26N4O2. The van der Waals surface area contributed by atoms with Crippen molar-refractivity contribution < 1.29 is 9.32 Å². The van der Waals surface area contributed by atoms with Gasteiger partial charge in [-0.25, -0.2) is 0 Å². The Morgan fingerprint density at radius 2 is 1.96 bits per heavy atom. The molecule has 6 nitrogen and oxygen atoms in total. The topological polar surface area (TPSA) is 62.5 Å². The van der Waals surface area contributed by atoms with Gasteiger partial charge in [0.1, 0.15) is 0 Å². The molecule has 1 aromatic heterocycles. The molecule has 0 aliphatic carbocycles. The lowest BCUT2D eigenvalue weighted by molar-refractivity contribution is -0.140. The van der Waals surface area contributed by atoms with Gasteiger partial charge in [-0.3, -0.25) is 4.79 Å². The number of likely N-dealkylation sites (tertiary alicyclic amines) is 1. The van der Waals surface area contributed by atoms with E-state index in [1.54, 1.807) is 0 Å². The third-order valence-corrected chi connectivity index (χ3v) is 5.70. The van der Waals surface area contributed by atoms with Crippen molar-refractivity contribution in [2.75, 3.05) is 24.5 Å². The quantitative estimate of drug-likeness (QED) is 0.846. The van der Waals surface area contributed by atoms with Gasteiger partial charge in [-0.15, -0.1) is 0 Å². The first kappa shape index (κ1) is 17.1. The first-order chi connectivity index (χ1) is 12.6. The van der Waals surface area contributed by atoms with Crippen molar-refractivity contribution in [2.45, 2.75) is 45.6 Å². The number of anilines is 1. The summed E-state index contributed by atoms with van der Waals surface area (Å²) < 4.78 is 5.57. The molecule has 2 aliphatic rings. The molecule has 1 amide bonds. The van der Waals surface area contributed by atoms with Crippen LogP contribution >= 0.6 is 0 Å². The monoisotopic (exact) mass is 354 g/mol. The Balaban J connectivity index is 1.52. The fraction of sp³-hybridized carbons (Fsp3) is 0.550.